The van der Waals surface area contributed by atoms with Crippen LogP contribution < -0.4 is 4.74 Å². The SMILES string of the molecule is COc1cccc(-c2nc3ccc(CO)cc3[nH]2)n1. The van der Waals surface area contributed by atoms with Crippen LogP contribution >= 0.6 is 0 Å². The van der Waals surface area contributed by atoms with E-state index in [1.54, 1.807) is 13.2 Å². The lowest BCUT2D eigenvalue weighted by atomic mass is 10.2. The van der Waals surface area contributed by atoms with E-state index in [0.29, 0.717) is 11.7 Å². The van der Waals surface area contributed by atoms with E-state index in [9.17, 15) is 0 Å². The van der Waals surface area contributed by atoms with Crippen LogP contribution in [-0.2, 0) is 6.61 Å². The van der Waals surface area contributed by atoms with E-state index in [4.69, 9.17) is 9.84 Å². The zero-order chi connectivity index (χ0) is 13.2. The van der Waals surface area contributed by atoms with Crippen LogP contribution in [0.15, 0.2) is 36.4 Å². The molecule has 3 rings (SSSR count). The Morgan fingerprint density at radius 3 is 2.89 bits per heavy atom. The van der Waals surface area contributed by atoms with Gasteiger partial charge in [0, 0.05) is 6.07 Å². The molecule has 1 aromatic carbocycles. The summed E-state index contributed by atoms with van der Waals surface area (Å²) < 4.78 is 5.10. The minimum absolute atomic E-state index is 0.0156. The molecule has 0 radical (unpaired) electrons. The first-order chi connectivity index (χ1) is 9.30. The van der Waals surface area contributed by atoms with Crippen LogP contribution in [0.25, 0.3) is 22.6 Å². The molecule has 0 amide bonds. The van der Waals surface area contributed by atoms with Crippen LogP contribution in [-0.4, -0.2) is 27.2 Å². The molecule has 5 heteroatoms. The van der Waals surface area contributed by atoms with Crippen molar-refractivity contribution < 1.29 is 9.84 Å². The Morgan fingerprint density at radius 2 is 2.11 bits per heavy atom. The standard InChI is InChI=1S/C14H13N3O2/c1-19-13-4-2-3-11(15-13)14-16-10-6-5-9(8-18)7-12(10)17-14/h2-7,18H,8H2,1H3,(H,16,17). The van der Waals surface area contributed by atoms with Gasteiger partial charge in [-0.15, -0.1) is 0 Å². The number of fused-ring (bicyclic) bond motifs is 1. The number of H-pyrrole nitrogens is 1. The van der Waals surface area contributed by atoms with Crippen LogP contribution in [0.1, 0.15) is 5.56 Å². The molecule has 3 aromatic rings. The third-order valence-electron chi connectivity index (χ3n) is 2.90. The minimum Gasteiger partial charge on any atom is -0.481 e. The van der Waals surface area contributed by atoms with E-state index in [1.165, 1.54) is 0 Å². The molecular formula is C14H13N3O2. The Labute approximate surface area is 109 Å². The summed E-state index contributed by atoms with van der Waals surface area (Å²) in [5.74, 6) is 1.23. The molecule has 0 aliphatic carbocycles. The lowest BCUT2D eigenvalue weighted by Crippen LogP contribution is -1.90. The highest BCUT2D eigenvalue weighted by molar-refractivity contribution is 5.79. The zero-order valence-corrected chi connectivity index (χ0v) is 10.4. The predicted molar refractivity (Wildman–Crippen MR) is 71.8 cm³/mol. The number of nitrogens with one attached hydrogen (secondary N) is 1. The third kappa shape index (κ3) is 2.15. The fourth-order valence-electron chi connectivity index (χ4n) is 1.94. The number of hydrogen-bond acceptors (Lipinski definition) is 4. The molecule has 0 fully saturated rings. The summed E-state index contributed by atoms with van der Waals surface area (Å²) in [6.07, 6.45) is 0. The molecule has 0 saturated carbocycles. The van der Waals surface area contributed by atoms with E-state index >= 15 is 0 Å². The van der Waals surface area contributed by atoms with Crippen molar-refractivity contribution in [3.63, 3.8) is 0 Å². The molecule has 0 atom stereocenters. The molecule has 19 heavy (non-hydrogen) atoms. The molecule has 0 unspecified atom stereocenters. The minimum atomic E-state index is 0.0156. The normalized spacial score (nSPS) is 10.8. The second kappa shape index (κ2) is 4.70. The number of hydrogen-bond donors (Lipinski definition) is 2. The lowest BCUT2D eigenvalue weighted by molar-refractivity contribution is 0.282. The fourth-order valence-corrected chi connectivity index (χ4v) is 1.94. The van der Waals surface area contributed by atoms with Crippen molar-refractivity contribution in [1.82, 2.24) is 15.0 Å². The first kappa shape index (κ1) is 11.7. The molecule has 0 aliphatic heterocycles. The summed E-state index contributed by atoms with van der Waals surface area (Å²) in [4.78, 5) is 12.0. The number of nitrogens with zero attached hydrogens (tertiary/aromatic N) is 2. The Morgan fingerprint density at radius 1 is 1.21 bits per heavy atom. The number of pyridine rings is 1. The van der Waals surface area contributed by atoms with Crippen molar-refractivity contribution in [3.8, 4) is 17.4 Å². The maximum atomic E-state index is 9.13. The van der Waals surface area contributed by atoms with Gasteiger partial charge in [-0.2, -0.15) is 0 Å². The largest absolute Gasteiger partial charge is 0.481 e. The van der Waals surface area contributed by atoms with E-state index in [-0.39, 0.29) is 6.61 Å². The average Bonchev–Trinajstić information content (AvgIpc) is 2.90. The number of aliphatic hydroxyl groups is 1. The number of benzene rings is 1. The molecule has 0 spiro atoms. The molecule has 96 valence electrons. The van der Waals surface area contributed by atoms with Gasteiger partial charge >= 0.3 is 0 Å². The molecule has 2 N–H and O–H groups in total. The van der Waals surface area contributed by atoms with Gasteiger partial charge in [-0.1, -0.05) is 12.1 Å². The topological polar surface area (TPSA) is 71.0 Å². The summed E-state index contributed by atoms with van der Waals surface area (Å²) >= 11 is 0. The van der Waals surface area contributed by atoms with Crippen molar-refractivity contribution >= 4 is 11.0 Å². The van der Waals surface area contributed by atoms with Gasteiger partial charge in [0.1, 0.15) is 5.69 Å². The smallest absolute Gasteiger partial charge is 0.213 e. The highest BCUT2D eigenvalue weighted by Gasteiger charge is 2.07. The number of methoxy groups -OCH3 is 1. The van der Waals surface area contributed by atoms with Crippen LogP contribution in [0, 0.1) is 0 Å². The van der Waals surface area contributed by atoms with E-state index < -0.39 is 0 Å². The lowest BCUT2D eigenvalue weighted by Gasteiger charge is -1.99. The predicted octanol–water partition coefficient (Wildman–Crippen LogP) is 2.13. The Bertz CT molecular complexity index is 722. The number of rotatable bonds is 3. The van der Waals surface area contributed by atoms with Gasteiger partial charge < -0.3 is 14.8 Å². The van der Waals surface area contributed by atoms with Crippen molar-refractivity contribution in [2.75, 3.05) is 7.11 Å². The molecule has 2 heterocycles. The summed E-state index contributed by atoms with van der Waals surface area (Å²) in [5, 5.41) is 9.13. The first-order valence-corrected chi connectivity index (χ1v) is 5.91. The van der Waals surface area contributed by atoms with Gasteiger partial charge in [0.15, 0.2) is 5.82 Å². The van der Waals surface area contributed by atoms with Gasteiger partial charge in [0.25, 0.3) is 0 Å². The number of aliphatic hydroxyl groups excluding tert-OH is 1. The molecule has 0 bridgehead atoms. The maximum absolute atomic E-state index is 9.13. The Balaban J connectivity index is 2.09. The number of aromatic amines is 1. The summed E-state index contributed by atoms with van der Waals surface area (Å²) in [6, 6.07) is 11.1. The van der Waals surface area contributed by atoms with Gasteiger partial charge in [-0.25, -0.2) is 9.97 Å². The van der Waals surface area contributed by atoms with Crippen molar-refractivity contribution in [3.05, 3.63) is 42.0 Å². The quantitative estimate of drug-likeness (QED) is 0.752. The fraction of sp³-hybridized carbons (Fsp3) is 0.143. The monoisotopic (exact) mass is 255 g/mol. The highest BCUT2D eigenvalue weighted by Crippen LogP contribution is 2.21. The molecule has 0 aliphatic rings. The second-order valence-corrected chi connectivity index (χ2v) is 4.16. The number of aromatic nitrogens is 3. The van der Waals surface area contributed by atoms with Crippen molar-refractivity contribution in [1.29, 1.82) is 0 Å². The van der Waals surface area contributed by atoms with Crippen LogP contribution in [0.3, 0.4) is 0 Å². The van der Waals surface area contributed by atoms with Gasteiger partial charge in [0.05, 0.1) is 24.8 Å². The third-order valence-corrected chi connectivity index (χ3v) is 2.90. The molecule has 5 nitrogen and oxygen atoms in total. The Kier molecular flexibility index (Phi) is 2.89. The first-order valence-electron chi connectivity index (χ1n) is 5.91. The van der Waals surface area contributed by atoms with E-state index in [1.807, 2.05) is 30.3 Å². The van der Waals surface area contributed by atoms with Crippen LogP contribution in [0.2, 0.25) is 0 Å². The van der Waals surface area contributed by atoms with Crippen molar-refractivity contribution in [2.45, 2.75) is 6.61 Å². The Hall–Kier alpha value is -2.40. The number of ether oxygens (including phenoxy) is 1. The number of imidazole rings is 1. The van der Waals surface area contributed by atoms with Crippen LogP contribution in [0.5, 0.6) is 5.88 Å². The summed E-state index contributed by atoms with van der Waals surface area (Å²) in [6.45, 7) is 0.0156. The maximum Gasteiger partial charge on any atom is 0.213 e. The molecular weight excluding hydrogens is 242 g/mol. The molecule has 0 saturated heterocycles. The van der Waals surface area contributed by atoms with E-state index in [2.05, 4.69) is 15.0 Å². The van der Waals surface area contributed by atoms with Gasteiger partial charge in [-0.3, -0.25) is 0 Å². The molecule has 2 aromatic heterocycles. The average molecular weight is 255 g/mol. The highest BCUT2D eigenvalue weighted by atomic mass is 16.5. The van der Waals surface area contributed by atoms with Crippen LogP contribution in [0.4, 0.5) is 0 Å². The van der Waals surface area contributed by atoms with Gasteiger partial charge in [-0.05, 0) is 23.8 Å². The van der Waals surface area contributed by atoms with Crippen molar-refractivity contribution in [2.24, 2.45) is 0 Å². The second-order valence-electron chi connectivity index (χ2n) is 4.16. The van der Waals surface area contributed by atoms with E-state index in [0.717, 1.165) is 22.3 Å². The summed E-state index contributed by atoms with van der Waals surface area (Å²) in [7, 11) is 1.58. The zero-order valence-electron chi connectivity index (χ0n) is 10.4. The summed E-state index contributed by atoms with van der Waals surface area (Å²) in [5.41, 5.74) is 3.30. The van der Waals surface area contributed by atoms with Gasteiger partial charge in [0.2, 0.25) is 5.88 Å².